The molecular formula is C54H105NO9. The van der Waals surface area contributed by atoms with Gasteiger partial charge < -0.3 is 45.4 Å². The molecule has 10 nitrogen and oxygen atoms in total. The van der Waals surface area contributed by atoms with E-state index in [0.29, 0.717) is 12.8 Å². The van der Waals surface area contributed by atoms with Crippen molar-refractivity contribution < 1.29 is 44.9 Å². The van der Waals surface area contributed by atoms with Crippen LogP contribution in [0.15, 0.2) is 12.2 Å². The van der Waals surface area contributed by atoms with Crippen molar-refractivity contribution in [2.24, 2.45) is 0 Å². The Bertz CT molecular complexity index is 1030. The number of aliphatic hydroxyl groups excluding tert-OH is 6. The van der Waals surface area contributed by atoms with Gasteiger partial charge in [-0.1, -0.05) is 238 Å². The van der Waals surface area contributed by atoms with Crippen LogP contribution in [-0.2, 0) is 14.3 Å². The van der Waals surface area contributed by atoms with Crippen LogP contribution in [0.2, 0.25) is 0 Å². The lowest BCUT2D eigenvalue weighted by atomic mass is 9.99. The molecule has 1 fully saturated rings. The van der Waals surface area contributed by atoms with Gasteiger partial charge >= 0.3 is 0 Å². The Balaban J connectivity index is 2.17. The summed E-state index contributed by atoms with van der Waals surface area (Å²) in [4.78, 5) is 13.1. The molecule has 0 aromatic carbocycles. The molecule has 1 amide bonds. The van der Waals surface area contributed by atoms with Gasteiger partial charge in [0.15, 0.2) is 6.29 Å². The van der Waals surface area contributed by atoms with E-state index >= 15 is 0 Å². The van der Waals surface area contributed by atoms with Crippen molar-refractivity contribution in [3.8, 4) is 0 Å². The summed E-state index contributed by atoms with van der Waals surface area (Å²) in [6.45, 7) is 3.68. The Morgan fingerprint density at radius 2 is 0.875 bits per heavy atom. The lowest BCUT2D eigenvalue weighted by Crippen LogP contribution is -2.60. The van der Waals surface area contributed by atoms with Gasteiger partial charge in [-0.3, -0.25) is 4.79 Å². The topological polar surface area (TPSA) is 169 Å². The highest BCUT2D eigenvalue weighted by molar-refractivity contribution is 5.80. The molecule has 0 radical (unpaired) electrons. The van der Waals surface area contributed by atoms with Crippen molar-refractivity contribution in [1.82, 2.24) is 5.32 Å². The second-order valence-corrected chi connectivity index (χ2v) is 19.5. The zero-order chi connectivity index (χ0) is 46.7. The van der Waals surface area contributed by atoms with E-state index < -0.39 is 61.5 Å². The van der Waals surface area contributed by atoms with Crippen molar-refractivity contribution in [3.05, 3.63) is 12.2 Å². The monoisotopic (exact) mass is 912 g/mol. The second-order valence-electron chi connectivity index (χ2n) is 19.5. The molecule has 7 N–H and O–H groups in total. The van der Waals surface area contributed by atoms with Crippen molar-refractivity contribution >= 4 is 5.91 Å². The lowest BCUT2D eigenvalue weighted by molar-refractivity contribution is -0.302. The van der Waals surface area contributed by atoms with Gasteiger partial charge in [0.05, 0.1) is 25.4 Å². The summed E-state index contributed by atoms with van der Waals surface area (Å²) in [7, 11) is 0. The van der Waals surface area contributed by atoms with E-state index in [9.17, 15) is 35.4 Å². The molecule has 0 saturated carbocycles. The Labute approximate surface area is 393 Å². The summed E-state index contributed by atoms with van der Waals surface area (Å²) in [6, 6.07) is -0.890. The summed E-state index contributed by atoms with van der Waals surface area (Å²) in [5.41, 5.74) is 0. The van der Waals surface area contributed by atoms with Crippen LogP contribution >= 0.6 is 0 Å². The SMILES string of the molecule is CCCCCCCCCCCCCC/C=C\CCCCCCCCCCCCCCC(O)C(=O)NC(COC1OC(CO)C(O)C(O)C1O)C(O)CCCCCCCCCCCCC. The minimum Gasteiger partial charge on any atom is -0.394 e. The van der Waals surface area contributed by atoms with Gasteiger partial charge in [-0.15, -0.1) is 0 Å². The van der Waals surface area contributed by atoms with Crippen LogP contribution < -0.4 is 5.32 Å². The predicted octanol–water partition coefficient (Wildman–Crippen LogP) is 11.8. The Hall–Kier alpha value is -1.11. The van der Waals surface area contributed by atoms with Gasteiger partial charge in [-0.25, -0.2) is 0 Å². The first kappa shape index (κ1) is 60.9. The number of rotatable bonds is 47. The minimum atomic E-state index is -1.59. The quantitative estimate of drug-likeness (QED) is 0.0232. The first-order chi connectivity index (χ1) is 31.3. The van der Waals surface area contributed by atoms with E-state index in [2.05, 4.69) is 31.3 Å². The first-order valence-electron chi connectivity index (χ1n) is 27.5. The Morgan fingerprint density at radius 1 is 0.516 bits per heavy atom. The van der Waals surface area contributed by atoms with Crippen LogP contribution in [0.1, 0.15) is 264 Å². The molecule has 8 unspecified atom stereocenters. The largest absolute Gasteiger partial charge is 0.394 e. The summed E-state index contributed by atoms with van der Waals surface area (Å²) in [6.07, 6.45) is 42.9. The predicted molar refractivity (Wildman–Crippen MR) is 264 cm³/mol. The number of hydrogen-bond acceptors (Lipinski definition) is 9. The highest BCUT2D eigenvalue weighted by atomic mass is 16.7. The third kappa shape index (κ3) is 33.4. The summed E-state index contributed by atoms with van der Waals surface area (Å²) >= 11 is 0. The molecule has 1 aliphatic rings. The van der Waals surface area contributed by atoms with Crippen LogP contribution in [0.25, 0.3) is 0 Å². The molecule has 10 heteroatoms. The lowest BCUT2D eigenvalue weighted by Gasteiger charge is -2.40. The molecular weight excluding hydrogens is 807 g/mol. The molecule has 1 aliphatic heterocycles. The van der Waals surface area contributed by atoms with E-state index in [1.807, 2.05) is 0 Å². The highest BCUT2D eigenvalue weighted by Crippen LogP contribution is 2.23. The number of carbonyl (C=O) groups is 1. The zero-order valence-electron chi connectivity index (χ0n) is 41.7. The number of aliphatic hydroxyl groups is 6. The van der Waals surface area contributed by atoms with E-state index in [0.717, 1.165) is 51.4 Å². The molecule has 0 bridgehead atoms. The van der Waals surface area contributed by atoms with Gasteiger partial charge in [0.2, 0.25) is 5.91 Å². The van der Waals surface area contributed by atoms with Crippen LogP contribution in [0.3, 0.4) is 0 Å². The summed E-state index contributed by atoms with van der Waals surface area (Å²) in [5, 5.41) is 64.9. The fourth-order valence-corrected chi connectivity index (χ4v) is 8.99. The molecule has 0 aromatic heterocycles. The third-order valence-electron chi connectivity index (χ3n) is 13.5. The molecule has 0 aromatic rings. The van der Waals surface area contributed by atoms with Gasteiger partial charge in [0.25, 0.3) is 0 Å². The second kappa shape index (κ2) is 44.4. The Kier molecular flexibility index (Phi) is 42.3. The van der Waals surface area contributed by atoms with E-state index in [1.54, 1.807) is 0 Å². The Morgan fingerprint density at radius 3 is 1.27 bits per heavy atom. The standard InChI is InChI=1S/C54H105NO9/c1-3-5-7-9-11-13-15-16-17-18-19-20-21-22-23-24-25-26-27-28-29-30-31-33-35-37-39-41-43-48(58)53(62)55-46(45-63-54-52(61)51(60)50(59)49(44-56)64-54)47(57)42-40-38-36-34-32-14-12-10-8-6-4-2/h22-23,46-52,54,56-61H,3-21,24-45H2,1-2H3,(H,55,62)/b23-22-. The molecule has 1 heterocycles. The minimum absolute atomic E-state index is 0.252. The van der Waals surface area contributed by atoms with E-state index in [-0.39, 0.29) is 6.61 Å². The summed E-state index contributed by atoms with van der Waals surface area (Å²) < 4.78 is 11.2. The van der Waals surface area contributed by atoms with Crippen molar-refractivity contribution in [2.75, 3.05) is 13.2 Å². The maximum Gasteiger partial charge on any atom is 0.249 e. The third-order valence-corrected chi connectivity index (χ3v) is 13.5. The average molecular weight is 912 g/mol. The molecule has 0 spiro atoms. The fraction of sp³-hybridized carbons (Fsp3) is 0.944. The number of amides is 1. The maximum atomic E-state index is 13.1. The number of carbonyl (C=O) groups excluding carboxylic acids is 1. The normalized spacial score (nSPS) is 20.5. The number of hydrogen-bond donors (Lipinski definition) is 7. The van der Waals surface area contributed by atoms with Crippen molar-refractivity contribution in [1.29, 1.82) is 0 Å². The number of unbranched alkanes of at least 4 members (excludes halogenated alkanes) is 34. The zero-order valence-corrected chi connectivity index (χ0v) is 41.7. The van der Waals surface area contributed by atoms with Crippen LogP contribution in [0.5, 0.6) is 0 Å². The van der Waals surface area contributed by atoms with E-state index in [1.165, 1.54) is 186 Å². The van der Waals surface area contributed by atoms with E-state index in [4.69, 9.17) is 9.47 Å². The molecule has 1 rings (SSSR count). The van der Waals surface area contributed by atoms with Crippen molar-refractivity contribution in [2.45, 2.75) is 313 Å². The molecule has 380 valence electrons. The molecule has 1 saturated heterocycles. The maximum absolute atomic E-state index is 13.1. The number of ether oxygens (including phenoxy) is 2. The van der Waals surface area contributed by atoms with Crippen LogP contribution in [0.4, 0.5) is 0 Å². The first-order valence-corrected chi connectivity index (χ1v) is 27.5. The van der Waals surface area contributed by atoms with Gasteiger partial charge in [0, 0.05) is 0 Å². The average Bonchev–Trinajstić information content (AvgIpc) is 3.29. The highest BCUT2D eigenvalue weighted by Gasteiger charge is 2.44. The van der Waals surface area contributed by atoms with Crippen LogP contribution in [-0.4, -0.2) is 98.7 Å². The van der Waals surface area contributed by atoms with Gasteiger partial charge in [-0.05, 0) is 38.5 Å². The van der Waals surface area contributed by atoms with Gasteiger partial charge in [-0.2, -0.15) is 0 Å². The van der Waals surface area contributed by atoms with Crippen LogP contribution in [0, 0.1) is 0 Å². The molecule has 8 atom stereocenters. The number of nitrogens with one attached hydrogen (secondary N) is 1. The smallest absolute Gasteiger partial charge is 0.249 e. The number of allylic oxidation sites excluding steroid dienone is 2. The van der Waals surface area contributed by atoms with Crippen molar-refractivity contribution in [3.63, 3.8) is 0 Å². The summed E-state index contributed by atoms with van der Waals surface area (Å²) in [5.74, 6) is -0.582. The molecule has 0 aliphatic carbocycles. The fourth-order valence-electron chi connectivity index (χ4n) is 8.99. The molecule has 64 heavy (non-hydrogen) atoms. The van der Waals surface area contributed by atoms with Gasteiger partial charge in [0.1, 0.15) is 30.5 Å².